The van der Waals surface area contributed by atoms with Crippen molar-refractivity contribution < 1.29 is 36.2 Å². The molecule has 4 rings (SSSR count). The van der Waals surface area contributed by atoms with Gasteiger partial charge in [-0.15, -0.1) is 0 Å². The highest BCUT2D eigenvalue weighted by Crippen LogP contribution is 2.28. The zero-order chi connectivity index (χ0) is 29.3. The number of nitrogens with one attached hydrogen (secondary N) is 1. The maximum atomic E-state index is 14.2. The van der Waals surface area contributed by atoms with E-state index in [4.69, 9.17) is 9.47 Å². The van der Waals surface area contributed by atoms with E-state index in [0.717, 1.165) is 15.8 Å². The van der Waals surface area contributed by atoms with Crippen molar-refractivity contribution in [3.63, 3.8) is 0 Å². The van der Waals surface area contributed by atoms with Gasteiger partial charge in [-0.05, 0) is 63.1 Å². The minimum absolute atomic E-state index is 0.131. The average molecular weight is 560 g/mol. The molecule has 0 aliphatic carbocycles. The predicted molar refractivity (Wildman–Crippen MR) is 138 cm³/mol. The Morgan fingerprint density at radius 3 is 2.17 bits per heavy atom. The van der Waals surface area contributed by atoms with Gasteiger partial charge in [-0.2, -0.15) is 5.10 Å². The molecular weight excluding hydrogens is 533 g/mol. The lowest BCUT2D eigenvalue weighted by Crippen LogP contribution is -2.15. The number of benzene rings is 3. The second-order valence-corrected chi connectivity index (χ2v) is 9.29. The molecule has 1 aromatic heterocycles. The summed E-state index contributed by atoms with van der Waals surface area (Å²) >= 11 is 0. The van der Waals surface area contributed by atoms with Gasteiger partial charge in [0.15, 0.2) is 23.3 Å². The highest BCUT2D eigenvalue weighted by Gasteiger charge is 2.27. The average Bonchev–Trinajstić information content (AvgIpc) is 3.20. The number of aryl methyl sites for hydroxylation is 3. The largest absolute Gasteiger partial charge is 0.496 e. The van der Waals surface area contributed by atoms with E-state index in [9.17, 15) is 26.7 Å². The molecule has 3 aromatic carbocycles. The first-order valence-corrected chi connectivity index (χ1v) is 12.2. The van der Waals surface area contributed by atoms with Crippen LogP contribution in [0, 0.1) is 56.8 Å². The fourth-order valence-corrected chi connectivity index (χ4v) is 4.21. The van der Waals surface area contributed by atoms with E-state index < -0.39 is 47.1 Å². The SMILES string of the molecule is COc1ccc(C(=O)Nc2c(C)nn(Cc3c(F)c(F)c(F)c(F)c3F)c2C)cc1COc1cc(C)ccc1C. The highest BCUT2D eigenvalue weighted by molar-refractivity contribution is 6.05. The molecule has 0 aliphatic heterocycles. The minimum atomic E-state index is -2.24. The molecule has 11 heteroatoms. The molecule has 0 atom stereocenters. The fourth-order valence-electron chi connectivity index (χ4n) is 4.21. The van der Waals surface area contributed by atoms with Crippen LogP contribution in [0.25, 0.3) is 0 Å². The Kier molecular flexibility index (Phi) is 8.13. The van der Waals surface area contributed by atoms with Gasteiger partial charge >= 0.3 is 0 Å². The van der Waals surface area contributed by atoms with Crippen LogP contribution < -0.4 is 14.8 Å². The van der Waals surface area contributed by atoms with Gasteiger partial charge < -0.3 is 14.8 Å². The van der Waals surface area contributed by atoms with Crippen LogP contribution in [0.4, 0.5) is 27.6 Å². The van der Waals surface area contributed by atoms with Crippen LogP contribution >= 0.6 is 0 Å². The third kappa shape index (κ3) is 5.49. The highest BCUT2D eigenvalue weighted by atomic mass is 19.2. The summed E-state index contributed by atoms with van der Waals surface area (Å²) in [7, 11) is 1.50. The first kappa shape index (κ1) is 28.6. The summed E-state index contributed by atoms with van der Waals surface area (Å²) in [6.07, 6.45) is 0. The standard InChI is InChI=1S/C29H26F5N3O3/c1-14-6-7-15(2)22(10-14)40-13-19-11-18(8-9-21(19)39-5)29(38)35-28-16(3)36-37(17(28)4)12-20-23(30)25(32)27(34)26(33)24(20)31/h6-11H,12-13H2,1-5H3,(H,35,38). The van der Waals surface area contributed by atoms with Gasteiger partial charge in [0, 0.05) is 11.1 Å². The smallest absolute Gasteiger partial charge is 0.255 e. The van der Waals surface area contributed by atoms with Gasteiger partial charge in [0.25, 0.3) is 5.91 Å². The molecule has 0 radical (unpaired) electrons. The molecule has 1 heterocycles. The molecule has 1 amide bonds. The van der Waals surface area contributed by atoms with E-state index in [1.54, 1.807) is 18.2 Å². The summed E-state index contributed by atoms with van der Waals surface area (Å²) < 4.78 is 81.6. The zero-order valence-electron chi connectivity index (χ0n) is 22.4. The van der Waals surface area contributed by atoms with Crippen molar-refractivity contribution in [3.05, 3.63) is 105 Å². The molecule has 0 saturated carbocycles. The Labute approximate surface area is 227 Å². The number of hydrogen-bond donors (Lipinski definition) is 1. The number of anilines is 1. The van der Waals surface area contributed by atoms with Gasteiger partial charge in [-0.25, -0.2) is 22.0 Å². The Bertz CT molecular complexity index is 1590. The number of carbonyl (C=O) groups is 1. The topological polar surface area (TPSA) is 65.4 Å². The van der Waals surface area contributed by atoms with Crippen LogP contribution in [0.3, 0.4) is 0 Å². The lowest BCUT2D eigenvalue weighted by Gasteiger charge is -2.14. The van der Waals surface area contributed by atoms with Gasteiger partial charge in [0.2, 0.25) is 5.82 Å². The molecule has 1 N–H and O–H groups in total. The second kappa shape index (κ2) is 11.4. The molecule has 0 unspecified atom stereocenters. The van der Waals surface area contributed by atoms with Crippen molar-refractivity contribution in [2.24, 2.45) is 0 Å². The zero-order valence-corrected chi connectivity index (χ0v) is 22.4. The van der Waals surface area contributed by atoms with E-state index >= 15 is 0 Å². The Balaban J connectivity index is 1.57. The fraction of sp³-hybridized carbons (Fsp3) is 0.241. The van der Waals surface area contributed by atoms with E-state index in [1.807, 2.05) is 32.0 Å². The molecule has 4 aromatic rings. The van der Waals surface area contributed by atoms with Crippen molar-refractivity contribution in [1.29, 1.82) is 0 Å². The Morgan fingerprint density at radius 1 is 0.875 bits per heavy atom. The molecule has 210 valence electrons. The maximum Gasteiger partial charge on any atom is 0.255 e. The second-order valence-electron chi connectivity index (χ2n) is 9.29. The van der Waals surface area contributed by atoms with Gasteiger partial charge in [0.05, 0.1) is 36.3 Å². The van der Waals surface area contributed by atoms with Crippen molar-refractivity contribution in [1.82, 2.24) is 9.78 Å². The summed E-state index contributed by atoms with van der Waals surface area (Å²) in [6.45, 7) is 6.30. The summed E-state index contributed by atoms with van der Waals surface area (Å²) in [5.41, 5.74) is 2.60. The molecule has 0 fully saturated rings. The summed E-state index contributed by atoms with van der Waals surface area (Å²) in [4.78, 5) is 13.2. The van der Waals surface area contributed by atoms with Crippen molar-refractivity contribution in [2.75, 3.05) is 12.4 Å². The molecular formula is C29H26F5N3O3. The van der Waals surface area contributed by atoms with Crippen LogP contribution in [-0.4, -0.2) is 22.8 Å². The van der Waals surface area contributed by atoms with Gasteiger partial charge in [-0.1, -0.05) is 12.1 Å². The number of nitrogens with zero attached hydrogens (tertiary/aromatic N) is 2. The first-order chi connectivity index (χ1) is 18.9. The number of halogens is 5. The van der Waals surface area contributed by atoms with Crippen LogP contribution in [0.2, 0.25) is 0 Å². The summed E-state index contributed by atoms with van der Waals surface area (Å²) in [6, 6.07) is 10.6. The van der Waals surface area contributed by atoms with Crippen molar-refractivity contribution in [3.8, 4) is 11.5 Å². The van der Waals surface area contributed by atoms with E-state index in [2.05, 4.69) is 10.4 Å². The third-order valence-corrected chi connectivity index (χ3v) is 6.50. The number of rotatable bonds is 8. The summed E-state index contributed by atoms with van der Waals surface area (Å²) in [5.74, 6) is -9.50. The minimum Gasteiger partial charge on any atom is -0.496 e. The molecule has 6 nitrogen and oxygen atoms in total. The van der Waals surface area contributed by atoms with E-state index in [1.165, 1.54) is 21.0 Å². The van der Waals surface area contributed by atoms with Crippen LogP contribution in [0.5, 0.6) is 11.5 Å². The van der Waals surface area contributed by atoms with Crippen LogP contribution in [0.15, 0.2) is 36.4 Å². The van der Waals surface area contributed by atoms with Gasteiger partial charge in [0.1, 0.15) is 18.1 Å². The number of carbonyl (C=O) groups excluding carboxylic acids is 1. The van der Waals surface area contributed by atoms with Crippen LogP contribution in [-0.2, 0) is 13.2 Å². The predicted octanol–water partition coefficient (Wildman–Crippen LogP) is 6.70. The first-order valence-electron chi connectivity index (χ1n) is 12.2. The van der Waals surface area contributed by atoms with Crippen molar-refractivity contribution in [2.45, 2.75) is 40.8 Å². The van der Waals surface area contributed by atoms with Gasteiger partial charge in [-0.3, -0.25) is 9.48 Å². The molecule has 0 bridgehead atoms. The Morgan fingerprint density at radius 2 is 1.52 bits per heavy atom. The third-order valence-electron chi connectivity index (χ3n) is 6.50. The monoisotopic (exact) mass is 559 g/mol. The van der Waals surface area contributed by atoms with E-state index in [0.29, 0.717) is 17.1 Å². The summed E-state index contributed by atoms with van der Waals surface area (Å²) in [5, 5.41) is 6.85. The number of ether oxygens (including phenoxy) is 2. The molecule has 0 saturated heterocycles. The van der Waals surface area contributed by atoms with Crippen LogP contribution in [0.1, 0.15) is 44.0 Å². The normalized spacial score (nSPS) is 11.1. The lowest BCUT2D eigenvalue weighted by molar-refractivity contribution is 0.102. The van der Waals surface area contributed by atoms with E-state index in [-0.39, 0.29) is 29.2 Å². The quantitative estimate of drug-likeness (QED) is 0.148. The number of amides is 1. The number of hydrogen-bond acceptors (Lipinski definition) is 4. The maximum absolute atomic E-state index is 14.2. The molecule has 0 aliphatic rings. The number of methoxy groups -OCH3 is 1. The molecule has 0 spiro atoms. The van der Waals surface area contributed by atoms with Crippen molar-refractivity contribution >= 4 is 11.6 Å². The Hall–Kier alpha value is -4.41. The lowest BCUT2D eigenvalue weighted by atomic mass is 10.1. The molecule has 40 heavy (non-hydrogen) atoms. The number of aromatic nitrogens is 2.